The Morgan fingerprint density at radius 2 is 1.75 bits per heavy atom. The van der Waals surface area contributed by atoms with E-state index in [1.807, 2.05) is 35.7 Å². The first-order chi connectivity index (χ1) is 13.6. The Morgan fingerprint density at radius 1 is 0.893 bits per heavy atom. The molecular formula is C21H14ClN3O2S. The number of carbonyl (C=O) groups is 2. The summed E-state index contributed by atoms with van der Waals surface area (Å²) in [4.78, 5) is 29.9. The van der Waals surface area contributed by atoms with Gasteiger partial charge in [0.15, 0.2) is 0 Å². The lowest BCUT2D eigenvalue weighted by Gasteiger charge is -2.11. The summed E-state index contributed by atoms with van der Waals surface area (Å²) < 4.78 is 0. The van der Waals surface area contributed by atoms with Gasteiger partial charge in [0.05, 0.1) is 26.8 Å². The maximum Gasteiger partial charge on any atom is 0.265 e. The third-order valence-electron chi connectivity index (χ3n) is 4.12. The van der Waals surface area contributed by atoms with E-state index in [-0.39, 0.29) is 11.8 Å². The Labute approximate surface area is 170 Å². The Kier molecular flexibility index (Phi) is 5.06. The molecule has 0 atom stereocenters. The molecule has 2 amide bonds. The number of halogens is 1. The number of nitrogens with zero attached hydrogens (tertiary/aromatic N) is 1. The highest BCUT2D eigenvalue weighted by Gasteiger charge is 2.14. The number of pyridine rings is 1. The lowest BCUT2D eigenvalue weighted by Crippen LogP contribution is -2.14. The van der Waals surface area contributed by atoms with Crippen LogP contribution in [0.2, 0.25) is 5.02 Å². The number of nitrogens with one attached hydrogen (secondary N) is 2. The summed E-state index contributed by atoms with van der Waals surface area (Å²) in [5, 5.41) is 8.67. The summed E-state index contributed by atoms with van der Waals surface area (Å²) in [6.45, 7) is 0. The largest absolute Gasteiger partial charge is 0.321 e. The van der Waals surface area contributed by atoms with Gasteiger partial charge in [0.1, 0.15) is 0 Å². The maximum absolute atomic E-state index is 12.8. The number of aromatic nitrogens is 1. The zero-order chi connectivity index (χ0) is 19.5. The van der Waals surface area contributed by atoms with Crippen LogP contribution in [0, 0.1) is 0 Å². The fraction of sp³-hybridized carbons (Fsp3) is 0. The lowest BCUT2D eigenvalue weighted by atomic mass is 10.1. The van der Waals surface area contributed by atoms with Gasteiger partial charge in [-0.3, -0.25) is 14.6 Å². The van der Waals surface area contributed by atoms with Gasteiger partial charge in [-0.15, -0.1) is 11.3 Å². The van der Waals surface area contributed by atoms with Gasteiger partial charge >= 0.3 is 0 Å². The molecule has 2 aromatic heterocycles. The molecule has 4 aromatic rings. The zero-order valence-corrected chi connectivity index (χ0v) is 16.1. The average Bonchev–Trinajstić information content (AvgIpc) is 3.25. The molecule has 2 heterocycles. The second kappa shape index (κ2) is 7.80. The number of carbonyl (C=O) groups excluding carboxylic acids is 2. The van der Waals surface area contributed by atoms with Gasteiger partial charge < -0.3 is 10.6 Å². The van der Waals surface area contributed by atoms with Gasteiger partial charge in [-0.05, 0) is 53.9 Å². The first kappa shape index (κ1) is 18.2. The first-order valence-electron chi connectivity index (χ1n) is 8.41. The topological polar surface area (TPSA) is 71.1 Å². The van der Waals surface area contributed by atoms with Crippen molar-refractivity contribution in [1.29, 1.82) is 0 Å². The highest BCUT2D eigenvalue weighted by molar-refractivity contribution is 7.12. The normalized spacial score (nSPS) is 10.6. The molecule has 0 aliphatic rings. The molecule has 0 radical (unpaired) electrons. The number of thiophene rings is 1. The Bertz CT molecular complexity index is 1170. The van der Waals surface area contributed by atoms with E-state index in [0.29, 0.717) is 26.8 Å². The van der Waals surface area contributed by atoms with Crippen molar-refractivity contribution in [3.8, 4) is 0 Å². The number of hydrogen-bond donors (Lipinski definition) is 2. The first-order valence-corrected chi connectivity index (χ1v) is 9.67. The number of rotatable bonds is 4. The van der Waals surface area contributed by atoms with Crippen molar-refractivity contribution < 1.29 is 9.59 Å². The fourth-order valence-electron chi connectivity index (χ4n) is 2.76. The molecule has 0 saturated heterocycles. The zero-order valence-electron chi connectivity index (χ0n) is 14.5. The van der Waals surface area contributed by atoms with Crippen LogP contribution >= 0.6 is 22.9 Å². The number of anilines is 2. The molecule has 2 N–H and O–H groups in total. The minimum Gasteiger partial charge on any atom is -0.321 e. The summed E-state index contributed by atoms with van der Waals surface area (Å²) >= 11 is 7.52. The lowest BCUT2D eigenvalue weighted by molar-refractivity contribution is 0.101. The molecule has 0 spiro atoms. The number of benzene rings is 2. The Morgan fingerprint density at radius 3 is 2.57 bits per heavy atom. The molecule has 0 saturated carbocycles. The fourth-order valence-corrected chi connectivity index (χ4v) is 3.54. The molecule has 0 aliphatic heterocycles. The number of amides is 2. The van der Waals surface area contributed by atoms with E-state index in [0.717, 1.165) is 10.9 Å². The summed E-state index contributed by atoms with van der Waals surface area (Å²) in [6.07, 6.45) is 1.70. The van der Waals surface area contributed by atoms with E-state index in [4.69, 9.17) is 11.6 Å². The van der Waals surface area contributed by atoms with Gasteiger partial charge in [0.25, 0.3) is 11.8 Å². The van der Waals surface area contributed by atoms with E-state index in [1.165, 1.54) is 11.3 Å². The average molecular weight is 408 g/mol. The Balaban J connectivity index is 1.58. The molecule has 0 fully saturated rings. The third kappa shape index (κ3) is 3.74. The molecule has 7 heteroatoms. The minimum absolute atomic E-state index is 0.269. The quantitative estimate of drug-likeness (QED) is 0.472. The minimum atomic E-state index is -0.306. The molecule has 28 heavy (non-hydrogen) atoms. The molecule has 4 rings (SSSR count). The highest BCUT2D eigenvalue weighted by atomic mass is 35.5. The summed E-state index contributed by atoms with van der Waals surface area (Å²) in [7, 11) is 0. The van der Waals surface area contributed by atoms with Crippen LogP contribution in [0.5, 0.6) is 0 Å². The van der Waals surface area contributed by atoms with Crippen LogP contribution in [0.15, 0.2) is 72.2 Å². The SMILES string of the molecule is O=C(Nc1cccc2ncccc12)c1ccc(Cl)c(NC(=O)c2cccs2)c1. The van der Waals surface area contributed by atoms with Gasteiger partial charge in [-0.2, -0.15) is 0 Å². The van der Waals surface area contributed by atoms with E-state index < -0.39 is 0 Å². The van der Waals surface area contributed by atoms with Crippen molar-refractivity contribution in [3.05, 3.63) is 87.7 Å². The standard InChI is InChI=1S/C21H14ClN3O2S/c22-15-9-8-13(12-18(15)25-21(27)19-7-3-11-28-19)20(26)24-17-6-1-5-16-14(17)4-2-10-23-16/h1-12H,(H,24,26)(H,25,27). The van der Waals surface area contributed by atoms with E-state index in [1.54, 1.807) is 36.5 Å². The van der Waals surface area contributed by atoms with Gasteiger partial charge in [-0.25, -0.2) is 0 Å². The van der Waals surface area contributed by atoms with Crippen molar-refractivity contribution in [1.82, 2.24) is 4.98 Å². The molecule has 0 bridgehead atoms. The molecule has 5 nitrogen and oxygen atoms in total. The van der Waals surface area contributed by atoms with E-state index >= 15 is 0 Å². The Hall–Kier alpha value is -3.22. The van der Waals surface area contributed by atoms with Crippen molar-refractivity contribution in [2.24, 2.45) is 0 Å². The van der Waals surface area contributed by atoms with Crippen LogP contribution in [-0.4, -0.2) is 16.8 Å². The molecular weight excluding hydrogens is 394 g/mol. The monoisotopic (exact) mass is 407 g/mol. The molecule has 2 aromatic carbocycles. The van der Waals surface area contributed by atoms with Crippen LogP contribution in [-0.2, 0) is 0 Å². The summed E-state index contributed by atoms with van der Waals surface area (Å²) in [5.41, 5.74) is 2.22. The van der Waals surface area contributed by atoms with Gasteiger partial charge in [0, 0.05) is 17.1 Å². The smallest absolute Gasteiger partial charge is 0.265 e. The predicted octanol–water partition coefficient (Wildman–Crippen LogP) is 5.45. The number of fused-ring (bicyclic) bond motifs is 1. The summed E-state index contributed by atoms with van der Waals surface area (Å²) in [6, 6.07) is 17.5. The third-order valence-corrected chi connectivity index (χ3v) is 5.31. The number of hydrogen-bond acceptors (Lipinski definition) is 4. The van der Waals surface area contributed by atoms with Crippen molar-refractivity contribution in [2.45, 2.75) is 0 Å². The highest BCUT2D eigenvalue weighted by Crippen LogP contribution is 2.26. The van der Waals surface area contributed by atoms with Gasteiger partial charge in [0.2, 0.25) is 0 Å². The van der Waals surface area contributed by atoms with Crippen LogP contribution in [0.3, 0.4) is 0 Å². The second-order valence-electron chi connectivity index (χ2n) is 5.96. The van der Waals surface area contributed by atoms with Crippen molar-refractivity contribution in [2.75, 3.05) is 10.6 Å². The molecule has 0 aliphatic carbocycles. The van der Waals surface area contributed by atoms with Crippen LogP contribution in [0.4, 0.5) is 11.4 Å². The van der Waals surface area contributed by atoms with E-state index in [9.17, 15) is 9.59 Å². The summed E-state index contributed by atoms with van der Waals surface area (Å²) in [5.74, 6) is -0.575. The molecule has 138 valence electrons. The van der Waals surface area contributed by atoms with E-state index in [2.05, 4.69) is 15.6 Å². The second-order valence-corrected chi connectivity index (χ2v) is 7.31. The predicted molar refractivity (Wildman–Crippen MR) is 113 cm³/mol. The molecule has 0 unspecified atom stereocenters. The van der Waals surface area contributed by atoms with Crippen LogP contribution in [0.1, 0.15) is 20.0 Å². The van der Waals surface area contributed by atoms with Crippen molar-refractivity contribution in [3.63, 3.8) is 0 Å². The van der Waals surface area contributed by atoms with Crippen LogP contribution in [0.25, 0.3) is 10.9 Å². The van der Waals surface area contributed by atoms with Crippen LogP contribution < -0.4 is 10.6 Å². The maximum atomic E-state index is 12.8. The van der Waals surface area contributed by atoms with Gasteiger partial charge in [-0.1, -0.05) is 23.7 Å². The van der Waals surface area contributed by atoms with Crippen molar-refractivity contribution >= 4 is 57.0 Å².